The van der Waals surface area contributed by atoms with E-state index < -0.39 is 23.7 Å². The van der Waals surface area contributed by atoms with Crippen molar-refractivity contribution in [1.29, 1.82) is 0 Å². The third-order valence-electron chi connectivity index (χ3n) is 7.32. The average molecular weight is 512 g/mol. The number of aliphatic hydroxyl groups is 1. The molecule has 1 heterocycles. The van der Waals surface area contributed by atoms with Crippen LogP contribution in [0, 0.1) is 0 Å². The fourth-order valence-electron chi connectivity index (χ4n) is 5.27. The van der Waals surface area contributed by atoms with Gasteiger partial charge in [-0.25, -0.2) is 4.79 Å². The standard InChI is InChI=1S/C31H29NO6/c1-37-25-15-13-21(14-16-25)27-26(28(33)24-12-11-20-5-3-4-6-23(20)17-24)29(34)30(35)32(27)18-19-7-9-22(10-8-19)31(36)38-2/h7-17,27,33H,3-6,18H2,1-2H3/b28-26-. The molecule has 1 saturated heterocycles. The molecule has 7 heteroatoms. The highest BCUT2D eigenvalue weighted by molar-refractivity contribution is 6.46. The topological polar surface area (TPSA) is 93.1 Å². The number of ether oxygens (including phenoxy) is 2. The minimum absolute atomic E-state index is 0.0575. The van der Waals surface area contributed by atoms with E-state index in [4.69, 9.17) is 9.47 Å². The van der Waals surface area contributed by atoms with E-state index in [0.717, 1.165) is 31.2 Å². The first-order chi connectivity index (χ1) is 18.4. The summed E-state index contributed by atoms with van der Waals surface area (Å²) in [6.07, 6.45) is 4.15. The molecule has 0 aromatic heterocycles. The largest absolute Gasteiger partial charge is 0.507 e. The van der Waals surface area contributed by atoms with Crippen molar-refractivity contribution in [1.82, 2.24) is 4.90 Å². The minimum Gasteiger partial charge on any atom is -0.507 e. The molecule has 1 amide bonds. The van der Waals surface area contributed by atoms with Crippen molar-refractivity contribution >= 4 is 23.4 Å². The molecule has 0 radical (unpaired) electrons. The fourth-order valence-corrected chi connectivity index (χ4v) is 5.27. The average Bonchev–Trinajstić information content (AvgIpc) is 3.21. The van der Waals surface area contributed by atoms with Gasteiger partial charge in [0.15, 0.2) is 0 Å². The summed E-state index contributed by atoms with van der Waals surface area (Å²) in [6, 6.07) is 18.8. The van der Waals surface area contributed by atoms with Crippen LogP contribution in [0.15, 0.2) is 72.3 Å². The summed E-state index contributed by atoms with van der Waals surface area (Å²) in [5.74, 6) is -1.42. The molecule has 0 bridgehead atoms. The second-order valence-electron chi connectivity index (χ2n) is 9.58. The Bertz CT molecular complexity index is 1420. The molecule has 1 aliphatic carbocycles. The zero-order valence-corrected chi connectivity index (χ0v) is 21.4. The Labute approximate surface area is 221 Å². The Balaban J connectivity index is 1.57. The Morgan fingerprint density at radius 2 is 1.55 bits per heavy atom. The maximum atomic E-state index is 13.4. The molecule has 1 N–H and O–H groups in total. The molecule has 3 aromatic carbocycles. The number of amides is 1. The van der Waals surface area contributed by atoms with Gasteiger partial charge in [-0.3, -0.25) is 9.59 Å². The quantitative estimate of drug-likeness (QED) is 0.217. The molecule has 1 fully saturated rings. The van der Waals surface area contributed by atoms with Crippen LogP contribution in [0.5, 0.6) is 5.75 Å². The van der Waals surface area contributed by atoms with Gasteiger partial charge in [0.1, 0.15) is 11.5 Å². The van der Waals surface area contributed by atoms with Crippen LogP contribution in [0.25, 0.3) is 5.76 Å². The van der Waals surface area contributed by atoms with E-state index in [9.17, 15) is 19.5 Å². The lowest BCUT2D eigenvalue weighted by Crippen LogP contribution is -2.29. The van der Waals surface area contributed by atoms with Crippen LogP contribution in [-0.4, -0.2) is 41.9 Å². The summed E-state index contributed by atoms with van der Waals surface area (Å²) in [5, 5.41) is 11.5. The molecule has 1 atom stereocenters. The second-order valence-corrected chi connectivity index (χ2v) is 9.58. The van der Waals surface area contributed by atoms with Crippen molar-refractivity contribution in [3.8, 4) is 5.75 Å². The van der Waals surface area contributed by atoms with Crippen LogP contribution in [0.2, 0.25) is 0 Å². The van der Waals surface area contributed by atoms with Gasteiger partial charge in [0, 0.05) is 12.1 Å². The summed E-state index contributed by atoms with van der Waals surface area (Å²) in [6.45, 7) is 0.115. The monoisotopic (exact) mass is 511 g/mol. The van der Waals surface area contributed by atoms with Crippen molar-refractivity contribution in [3.63, 3.8) is 0 Å². The molecule has 38 heavy (non-hydrogen) atoms. The van der Waals surface area contributed by atoms with E-state index >= 15 is 0 Å². The number of fused-ring (bicyclic) bond motifs is 1. The molecule has 3 aromatic rings. The van der Waals surface area contributed by atoms with E-state index in [1.807, 2.05) is 18.2 Å². The van der Waals surface area contributed by atoms with Gasteiger partial charge in [0.2, 0.25) is 0 Å². The van der Waals surface area contributed by atoms with Crippen LogP contribution < -0.4 is 4.74 Å². The lowest BCUT2D eigenvalue weighted by Gasteiger charge is -2.26. The molecular formula is C31H29NO6. The van der Waals surface area contributed by atoms with Gasteiger partial charge in [0.25, 0.3) is 11.7 Å². The van der Waals surface area contributed by atoms with Crippen LogP contribution >= 0.6 is 0 Å². The van der Waals surface area contributed by atoms with E-state index in [-0.39, 0.29) is 17.9 Å². The zero-order chi connectivity index (χ0) is 26.8. The molecular weight excluding hydrogens is 482 g/mol. The van der Waals surface area contributed by atoms with Gasteiger partial charge in [-0.2, -0.15) is 0 Å². The zero-order valence-electron chi connectivity index (χ0n) is 21.4. The summed E-state index contributed by atoms with van der Waals surface area (Å²) < 4.78 is 10.0. The Morgan fingerprint density at radius 1 is 0.895 bits per heavy atom. The number of nitrogens with zero attached hydrogens (tertiary/aromatic N) is 1. The number of hydrogen-bond acceptors (Lipinski definition) is 6. The van der Waals surface area contributed by atoms with E-state index in [1.165, 1.54) is 23.1 Å². The first-order valence-corrected chi connectivity index (χ1v) is 12.6. The molecule has 0 saturated carbocycles. The number of benzene rings is 3. The second kappa shape index (κ2) is 10.5. The summed E-state index contributed by atoms with van der Waals surface area (Å²) in [7, 11) is 2.88. The number of likely N-dealkylation sites (tertiary alicyclic amines) is 1. The van der Waals surface area contributed by atoms with Crippen LogP contribution in [0.4, 0.5) is 0 Å². The van der Waals surface area contributed by atoms with Crippen molar-refractivity contribution in [2.24, 2.45) is 0 Å². The third-order valence-corrected chi connectivity index (χ3v) is 7.32. The normalized spacial score (nSPS) is 18.3. The number of aryl methyl sites for hydroxylation is 2. The van der Waals surface area contributed by atoms with E-state index in [2.05, 4.69) is 0 Å². The van der Waals surface area contributed by atoms with Crippen molar-refractivity contribution < 1.29 is 29.0 Å². The van der Waals surface area contributed by atoms with Crippen LogP contribution in [0.1, 0.15) is 57.1 Å². The number of aliphatic hydroxyl groups excluding tert-OH is 1. The highest BCUT2D eigenvalue weighted by Gasteiger charge is 2.46. The maximum absolute atomic E-state index is 13.4. The molecule has 1 unspecified atom stereocenters. The minimum atomic E-state index is -0.794. The molecule has 0 spiro atoms. The molecule has 194 valence electrons. The van der Waals surface area contributed by atoms with Gasteiger partial charge in [-0.1, -0.05) is 36.4 Å². The lowest BCUT2D eigenvalue weighted by molar-refractivity contribution is -0.140. The summed E-state index contributed by atoms with van der Waals surface area (Å²) in [4.78, 5) is 40.0. The maximum Gasteiger partial charge on any atom is 0.337 e. The van der Waals surface area contributed by atoms with Gasteiger partial charge < -0.3 is 19.5 Å². The van der Waals surface area contributed by atoms with Crippen LogP contribution in [-0.2, 0) is 33.7 Å². The first kappa shape index (κ1) is 25.3. The SMILES string of the molecule is COC(=O)c1ccc(CN2C(=O)C(=O)/C(=C(\O)c3ccc4c(c3)CCCC4)C2c2ccc(OC)cc2)cc1. The van der Waals surface area contributed by atoms with Gasteiger partial charge in [0.05, 0.1) is 31.4 Å². The number of ketones is 1. The number of methoxy groups -OCH3 is 2. The van der Waals surface area contributed by atoms with Gasteiger partial charge in [-0.15, -0.1) is 0 Å². The van der Waals surface area contributed by atoms with Gasteiger partial charge in [-0.05, 0) is 78.3 Å². The smallest absolute Gasteiger partial charge is 0.337 e. The molecule has 7 nitrogen and oxygen atoms in total. The molecule has 2 aliphatic rings. The Morgan fingerprint density at radius 3 is 2.21 bits per heavy atom. The molecule has 5 rings (SSSR count). The van der Waals surface area contributed by atoms with Crippen molar-refractivity contribution in [2.75, 3.05) is 14.2 Å². The number of carbonyl (C=O) groups is 3. The number of carbonyl (C=O) groups excluding carboxylic acids is 3. The summed E-state index contributed by atoms with van der Waals surface area (Å²) >= 11 is 0. The first-order valence-electron chi connectivity index (χ1n) is 12.6. The number of Topliss-reactive ketones (excluding diaryl/α,β-unsaturated/α-hetero) is 1. The highest BCUT2D eigenvalue weighted by atomic mass is 16.5. The highest BCUT2D eigenvalue weighted by Crippen LogP contribution is 2.41. The van der Waals surface area contributed by atoms with Gasteiger partial charge >= 0.3 is 5.97 Å². The number of rotatable bonds is 6. The Hall–Kier alpha value is -4.39. The lowest BCUT2D eigenvalue weighted by atomic mass is 9.88. The third kappa shape index (κ3) is 4.67. The predicted molar refractivity (Wildman–Crippen MR) is 142 cm³/mol. The number of esters is 1. The molecule has 1 aliphatic heterocycles. The predicted octanol–water partition coefficient (Wildman–Crippen LogP) is 4.98. The van der Waals surface area contributed by atoms with Crippen LogP contribution in [0.3, 0.4) is 0 Å². The Kier molecular flexibility index (Phi) is 7.01. The fraction of sp³-hybridized carbons (Fsp3) is 0.258. The van der Waals surface area contributed by atoms with Crippen molar-refractivity contribution in [3.05, 3.63) is 106 Å². The van der Waals surface area contributed by atoms with E-state index in [1.54, 1.807) is 55.6 Å². The van der Waals surface area contributed by atoms with E-state index in [0.29, 0.717) is 22.4 Å². The summed E-state index contributed by atoms with van der Waals surface area (Å²) in [5.41, 5.74) is 4.81. The van der Waals surface area contributed by atoms with Crippen molar-refractivity contribution in [2.45, 2.75) is 38.3 Å². The number of hydrogen-bond donors (Lipinski definition) is 1.